The molecule has 1 fully saturated rings. The molecule has 0 unspecified atom stereocenters. The average Bonchev–Trinajstić information content (AvgIpc) is 3.04. The van der Waals surface area contributed by atoms with E-state index >= 15 is 0 Å². The van der Waals surface area contributed by atoms with Crippen molar-refractivity contribution >= 4 is 23.4 Å². The first-order valence-electron chi connectivity index (χ1n) is 9.81. The summed E-state index contributed by atoms with van der Waals surface area (Å²) in [6.07, 6.45) is 0.729. The Balaban J connectivity index is 1.67. The van der Waals surface area contributed by atoms with Gasteiger partial charge in [0.05, 0.1) is 0 Å². The molecule has 4 nitrogen and oxygen atoms in total. The molecule has 150 valence electrons. The van der Waals surface area contributed by atoms with Crippen molar-refractivity contribution in [1.82, 2.24) is 4.90 Å². The van der Waals surface area contributed by atoms with Crippen molar-refractivity contribution in [2.45, 2.75) is 32.8 Å². The normalized spacial score (nSPS) is 19.5. The quantitative estimate of drug-likeness (QED) is 0.722. The number of likely N-dealkylation sites (tertiary alicyclic amines) is 1. The molecule has 1 saturated heterocycles. The Bertz CT molecular complexity index is 771. The number of amides is 1. The van der Waals surface area contributed by atoms with Crippen molar-refractivity contribution in [3.8, 4) is 0 Å². The molecule has 28 heavy (non-hydrogen) atoms. The van der Waals surface area contributed by atoms with Gasteiger partial charge in [-0.2, -0.15) is 0 Å². The van der Waals surface area contributed by atoms with Crippen molar-refractivity contribution in [3.05, 3.63) is 65.2 Å². The van der Waals surface area contributed by atoms with Gasteiger partial charge in [-0.05, 0) is 68.9 Å². The van der Waals surface area contributed by atoms with Crippen LogP contribution in [0.4, 0.5) is 10.5 Å². The van der Waals surface area contributed by atoms with Crippen LogP contribution in [0.3, 0.4) is 0 Å². The second-order valence-electron chi connectivity index (χ2n) is 8.48. The average molecular weight is 401 g/mol. The maximum atomic E-state index is 12.6. The van der Waals surface area contributed by atoms with Crippen LogP contribution in [-0.2, 0) is 11.2 Å². The topological polar surface area (TPSA) is 41.6 Å². The highest BCUT2D eigenvalue weighted by Gasteiger charge is 2.36. The van der Waals surface area contributed by atoms with Gasteiger partial charge < -0.3 is 15.0 Å². The van der Waals surface area contributed by atoms with E-state index in [1.54, 1.807) is 0 Å². The molecule has 1 N–H and O–H groups in total. The first-order chi connectivity index (χ1) is 13.3. The number of hydrogen-bond acceptors (Lipinski definition) is 3. The number of carbonyl (C=O) groups excluding carboxylic acids is 1. The predicted octanol–water partition coefficient (Wildman–Crippen LogP) is 5.48. The van der Waals surface area contributed by atoms with Crippen LogP contribution in [0, 0.1) is 11.8 Å². The molecule has 1 amide bonds. The third kappa shape index (κ3) is 5.90. The summed E-state index contributed by atoms with van der Waals surface area (Å²) in [4.78, 5) is 14.4. The number of ether oxygens (including phenoxy) is 1. The largest absolute Gasteiger partial charge is 0.444 e. The lowest BCUT2D eigenvalue weighted by molar-refractivity contribution is 0.0284. The van der Waals surface area contributed by atoms with Crippen LogP contribution < -0.4 is 5.32 Å². The molecule has 1 aliphatic heterocycles. The Morgan fingerprint density at radius 3 is 2.36 bits per heavy atom. The monoisotopic (exact) mass is 400 g/mol. The maximum Gasteiger partial charge on any atom is 0.410 e. The maximum absolute atomic E-state index is 12.6. The van der Waals surface area contributed by atoms with Crippen LogP contribution in [0.25, 0.3) is 0 Å². The van der Waals surface area contributed by atoms with E-state index in [1.165, 1.54) is 5.56 Å². The van der Waals surface area contributed by atoms with Gasteiger partial charge in [0.15, 0.2) is 0 Å². The number of carbonyl (C=O) groups is 1. The number of benzene rings is 2. The predicted molar refractivity (Wildman–Crippen MR) is 115 cm³/mol. The summed E-state index contributed by atoms with van der Waals surface area (Å²) >= 11 is 5.97. The van der Waals surface area contributed by atoms with Gasteiger partial charge in [0.1, 0.15) is 5.60 Å². The van der Waals surface area contributed by atoms with Gasteiger partial charge in [-0.1, -0.05) is 41.9 Å². The number of nitrogens with zero attached hydrogens (tertiary/aromatic N) is 1. The molecule has 0 aliphatic carbocycles. The lowest BCUT2D eigenvalue weighted by Gasteiger charge is -2.24. The molecule has 0 bridgehead atoms. The molecule has 2 aromatic rings. The molecule has 0 saturated carbocycles. The number of halogens is 1. The second kappa shape index (κ2) is 8.87. The van der Waals surface area contributed by atoms with E-state index in [4.69, 9.17) is 16.3 Å². The lowest BCUT2D eigenvalue weighted by atomic mass is 9.89. The third-order valence-corrected chi connectivity index (χ3v) is 5.23. The smallest absolute Gasteiger partial charge is 0.410 e. The van der Waals surface area contributed by atoms with Gasteiger partial charge in [-0.25, -0.2) is 4.79 Å². The van der Waals surface area contributed by atoms with Crippen LogP contribution in [0.5, 0.6) is 0 Å². The highest BCUT2D eigenvalue weighted by atomic mass is 35.5. The molecule has 2 aromatic carbocycles. The zero-order valence-electron chi connectivity index (χ0n) is 16.8. The summed E-state index contributed by atoms with van der Waals surface area (Å²) in [5, 5.41) is 4.23. The van der Waals surface area contributed by atoms with E-state index < -0.39 is 5.60 Å². The van der Waals surface area contributed by atoms with Crippen LogP contribution >= 0.6 is 11.6 Å². The third-order valence-electron chi connectivity index (χ3n) is 4.98. The van der Waals surface area contributed by atoms with E-state index in [0.29, 0.717) is 18.4 Å². The Kier molecular flexibility index (Phi) is 6.50. The van der Waals surface area contributed by atoms with Crippen LogP contribution in [0.15, 0.2) is 54.6 Å². The van der Waals surface area contributed by atoms with Crippen LogP contribution in [0.2, 0.25) is 5.02 Å². The lowest BCUT2D eigenvalue weighted by Crippen LogP contribution is -2.35. The Morgan fingerprint density at radius 1 is 1.07 bits per heavy atom. The summed E-state index contributed by atoms with van der Waals surface area (Å²) < 4.78 is 5.60. The molecular formula is C23H29ClN2O2. The van der Waals surface area contributed by atoms with Crippen molar-refractivity contribution in [2.75, 3.05) is 25.0 Å². The number of rotatable bonds is 5. The van der Waals surface area contributed by atoms with E-state index in [-0.39, 0.29) is 6.09 Å². The molecule has 2 atom stereocenters. The van der Waals surface area contributed by atoms with Crippen molar-refractivity contribution in [2.24, 2.45) is 11.8 Å². The first kappa shape index (κ1) is 20.5. The van der Waals surface area contributed by atoms with E-state index in [9.17, 15) is 4.79 Å². The van der Waals surface area contributed by atoms with Gasteiger partial charge in [-0.15, -0.1) is 0 Å². The Hall–Kier alpha value is -2.20. The van der Waals surface area contributed by atoms with Crippen molar-refractivity contribution in [3.63, 3.8) is 0 Å². The van der Waals surface area contributed by atoms with Gasteiger partial charge in [0.25, 0.3) is 0 Å². The minimum Gasteiger partial charge on any atom is -0.444 e. The summed E-state index contributed by atoms with van der Waals surface area (Å²) in [6.45, 7) is 7.94. The van der Waals surface area contributed by atoms with E-state index in [1.807, 2.05) is 56.0 Å². The van der Waals surface area contributed by atoms with E-state index in [2.05, 4.69) is 29.6 Å². The van der Waals surface area contributed by atoms with Gasteiger partial charge in [0, 0.05) is 30.3 Å². The fraction of sp³-hybridized carbons (Fsp3) is 0.435. The minimum atomic E-state index is -0.481. The summed E-state index contributed by atoms with van der Waals surface area (Å²) in [5.74, 6) is 0.734. The van der Waals surface area contributed by atoms with Crippen LogP contribution in [-0.4, -0.2) is 36.2 Å². The second-order valence-corrected chi connectivity index (χ2v) is 8.92. The number of hydrogen-bond donors (Lipinski definition) is 1. The zero-order chi connectivity index (χ0) is 20.1. The summed E-state index contributed by atoms with van der Waals surface area (Å²) in [6, 6.07) is 18.2. The van der Waals surface area contributed by atoms with Gasteiger partial charge >= 0.3 is 6.09 Å². The minimum absolute atomic E-state index is 0.223. The van der Waals surface area contributed by atoms with Crippen molar-refractivity contribution < 1.29 is 9.53 Å². The molecule has 5 heteroatoms. The molecule has 1 heterocycles. The molecular weight excluding hydrogens is 372 g/mol. The molecule has 1 aliphatic rings. The van der Waals surface area contributed by atoms with Crippen molar-refractivity contribution in [1.29, 1.82) is 0 Å². The highest BCUT2D eigenvalue weighted by Crippen LogP contribution is 2.29. The molecule has 0 radical (unpaired) electrons. The SMILES string of the molecule is CC(C)(C)OC(=O)N1C[C@@H](Cc2ccccc2)[C@@H](CNc2ccc(Cl)cc2)C1. The number of anilines is 1. The molecule has 0 spiro atoms. The summed E-state index contributed by atoms with van der Waals surface area (Å²) in [5.41, 5.74) is 1.86. The first-order valence-corrected chi connectivity index (χ1v) is 10.2. The zero-order valence-corrected chi connectivity index (χ0v) is 17.6. The fourth-order valence-electron chi connectivity index (χ4n) is 3.61. The molecule has 0 aromatic heterocycles. The Morgan fingerprint density at radius 2 is 1.71 bits per heavy atom. The number of nitrogens with one attached hydrogen (secondary N) is 1. The van der Waals surface area contributed by atoms with Gasteiger partial charge in [0.2, 0.25) is 0 Å². The van der Waals surface area contributed by atoms with Gasteiger partial charge in [-0.3, -0.25) is 0 Å². The Labute approximate surface area is 172 Å². The summed E-state index contributed by atoms with van der Waals surface area (Å²) in [7, 11) is 0. The molecule has 3 rings (SSSR count). The highest BCUT2D eigenvalue weighted by molar-refractivity contribution is 6.30. The van der Waals surface area contributed by atoms with Crippen LogP contribution in [0.1, 0.15) is 26.3 Å². The standard InChI is InChI=1S/C23H29ClN2O2/c1-23(2,3)28-22(27)26-15-18(13-17-7-5-4-6-8-17)19(16-26)14-25-21-11-9-20(24)10-12-21/h4-12,18-19,25H,13-16H2,1-3H3/t18-,19+/m1/s1. The van der Waals surface area contributed by atoms with E-state index in [0.717, 1.165) is 30.2 Å². The fourth-order valence-corrected chi connectivity index (χ4v) is 3.74.